The van der Waals surface area contributed by atoms with Crippen LogP contribution in [0.3, 0.4) is 0 Å². The Morgan fingerprint density at radius 3 is 2.63 bits per heavy atom. The van der Waals surface area contributed by atoms with E-state index in [1.54, 1.807) is 0 Å². The quantitative estimate of drug-likeness (QED) is 0.639. The number of hydrogen-bond acceptors (Lipinski definition) is 6. The maximum Gasteiger partial charge on any atom is 0.227 e. The highest BCUT2D eigenvalue weighted by atomic mass is 32.1. The average Bonchev–Trinajstić information content (AvgIpc) is 3.33. The molecule has 0 saturated carbocycles. The summed E-state index contributed by atoms with van der Waals surface area (Å²) in [6.45, 7) is 0.115. The number of aryl methyl sites for hydroxylation is 1. The van der Waals surface area contributed by atoms with Gasteiger partial charge >= 0.3 is 0 Å². The van der Waals surface area contributed by atoms with Crippen molar-refractivity contribution in [1.29, 1.82) is 0 Å². The van der Waals surface area contributed by atoms with Crippen molar-refractivity contribution in [3.63, 3.8) is 0 Å². The van der Waals surface area contributed by atoms with Crippen molar-refractivity contribution < 1.29 is 18.5 Å². The summed E-state index contributed by atoms with van der Waals surface area (Å²) < 4.78 is 18.3. The monoisotopic (exact) mass is 388 g/mol. The van der Waals surface area contributed by atoms with Crippen LogP contribution in [-0.4, -0.2) is 28.5 Å². The third-order valence-electron chi connectivity index (χ3n) is 3.78. The number of aromatic nitrogens is 2. The lowest BCUT2D eigenvalue weighted by molar-refractivity contribution is -0.119. The molecule has 2 aromatic heterocycles. The van der Waals surface area contributed by atoms with Crippen molar-refractivity contribution >= 4 is 28.8 Å². The van der Waals surface area contributed by atoms with Crippen molar-refractivity contribution in [3.05, 3.63) is 53.5 Å². The second-order valence-corrected chi connectivity index (χ2v) is 6.67. The number of carbonyl (C=O) groups excluding carboxylic acids is 2. The molecule has 0 fully saturated rings. The van der Waals surface area contributed by atoms with Gasteiger partial charge in [-0.3, -0.25) is 9.59 Å². The number of anilines is 1. The summed E-state index contributed by atoms with van der Waals surface area (Å²) in [7, 11) is 0. The normalized spacial score (nSPS) is 10.7. The highest BCUT2D eigenvalue weighted by Gasteiger charge is 2.18. The Kier molecular flexibility index (Phi) is 5.92. The molecule has 140 valence electrons. The van der Waals surface area contributed by atoms with Gasteiger partial charge in [0.15, 0.2) is 0 Å². The SMILES string of the molecule is NC(=O)CCN(C(=O)CCc1nc(-c2cccs2)no1)c1ccc(F)cc1. The van der Waals surface area contributed by atoms with Gasteiger partial charge in [0.05, 0.1) is 4.88 Å². The molecule has 0 bridgehead atoms. The molecule has 7 nitrogen and oxygen atoms in total. The fourth-order valence-corrected chi connectivity index (χ4v) is 3.10. The van der Waals surface area contributed by atoms with E-state index in [4.69, 9.17) is 10.3 Å². The fourth-order valence-electron chi connectivity index (χ4n) is 2.45. The lowest BCUT2D eigenvalue weighted by Gasteiger charge is -2.22. The zero-order chi connectivity index (χ0) is 19.2. The molecule has 3 aromatic rings. The number of nitrogens with two attached hydrogens (primary N) is 1. The van der Waals surface area contributed by atoms with E-state index >= 15 is 0 Å². The second-order valence-electron chi connectivity index (χ2n) is 5.73. The van der Waals surface area contributed by atoms with Gasteiger partial charge in [0.1, 0.15) is 5.82 Å². The van der Waals surface area contributed by atoms with Crippen LogP contribution in [0.25, 0.3) is 10.7 Å². The Bertz CT molecular complexity index is 909. The zero-order valence-corrected chi connectivity index (χ0v) is 15.1. The zero-order valence-electron chi connectivity index (χ0n) is 14.3. The fraction of sp³-hybridized carbons (Fsp3) is 0.222. The number of nitrogens with zero attached hydrogens (tertiary/aromatic N) is 3. The number of halogens is 1. The molecule has 1 aromatic carbocycles. The second kappa shape index (κ2) is 8.54. The van der Waals surface area contributed by atoms with Gasteiger partial charge in [-0.15, -0.1) is 11.3 Å². The van der Waals surface area contributed by atoms with Gasteiger partial charge in [-0.25, -0.2) is 4.39 Å². The molecule has 0 unspecified atom stereocenters. The van der Waals surface area contributed by atoms with E-state index < -0.39 is 11.7 Å². The summed E-state index contributed by atoms with van der Waals surface area (Å²) >= 11 is 1.49. The number of amides is 2. The minimum absolute atomic E-state index is 0.00615. The van der Waals surface area contributed by atoms with Crippen LogP contribution in [0.2, 0.25) is 0 Å². The first-order chi connectivity index (χ1) is 13.0. The van der Waals surface area contributed by atoms with E-state index in [1.807, 2.05) is 17.5 Å². The molecule has 27 heavy (non-hydrogen) atoms. The molecule has 0 spiro atoms. The number of rotatable bonds is 8. The minimum atomic E-state index is -0.521. The van der Waals surface area contributed by atoms with Gasteiger partial charge in [0.25, 0.3) is 0 Å². The molecule has 0 atom stereocenters. The molecule has 0 radical (unpaired) electrons. The van der Waals surface area contributed by atoms with Gasteiger partial charge in [-0.2, -0.15) is 4.98 Å². The summed E-state index contributed by atoms with van der Waals surface area (Å²) in [5, 5.41) is 5.82. The Morgan fingerprint density at radius 1 is 1.19 bits per heavy atom. The Hall–Kier alpha value is -3.07. The van der Waals surface area contributed by atoms with E-state index in [-0.39, 0.29) is 31.7 Å². The topological polar surface area (TPSA) is 102 Å². The van der Waals surface area contributed by atoms with Crippen LogP contribution in [0.5, 0.6) is 0 Å². The summed E-state index contributed by atoms with van der Waals surface area (Å²) in [5.41, 5.74) is 5.68. The molecule has 0 aliphatic heterocycles. The van der Waals surface area contributed by atoms with Gasteiger partial charge < -0.3 is 15.2 Å². The van der Waals surface area contributed by atoms with Crippen LogP contribution in [0, 0.1) is 5.82 Å². The number of benzene rings is 1. The first kappa shape index (κ1) is 18.7. The largest absolute Gasteiger partial charge is 0.370 e. The molecule has 3 rings (SSSR count). The van der Waals surface area contributed by atoms with Gasteiger partial charge in [0, 0.05) is 31.5 Å². The number of carbonyl (C=O) groups is 2. The molecular weight excluding hydrogens is 371 g/mol. The van der Waals surface area contributed by atoms with E-state index in [0.29, 0.717) is 17.4 Å². The number of hydrogen-bond donors (Lipinski definition) is 1. The van der Waals surface area contributed by atoms with Crippen LogP contribution in [0.15, 0.2) is 46.3 Å². The average molecular weight is 388 g/mol. The number of thiophene rings is 1. The van der Waals surface area contributed by atoms with Crippen LogP contribution in [-0.2, 0) is 16.0 Å². The molecule has 2 amide bonds. The molecule has 0 saturated heterocycles. The molecule has 0 aliphatic carbocycles. The smallest absolute Gasteiger partial charge is 0.227 e. The summed E-state index contributed by atoms with van der Waals surface area (Å²) in [5.74, 6) is -0.351. The lowest BCUT2D eigenvalue weighted by atomic mass is 10.2. The lowest BCUT2D eigenvalue weighted by Crippen LogP contribution is -2.34. The highest BCUT2D eigenvalue weighted by molar-refractivity contribution is 7.13. The first-order valence-corrected chi connectivity index (χ1v) is 9.11. The van der Waals surface area contributed by atoms with Crippen LogP contribution in [0.4, 0.5) is 10.1 Å². The van der Waals surface area contributed by atoms with Crippen molar-refractivity contribution in [1.82, 2.24) is 10.1 Å². The third kappa shape index (κ3) is 4.98. The minimum Gasteiger partial charge on any atom is -0.370 e. The summed E-state index contributed by atoms with van der Waals surface area (Å²) in [4.78, 5) is 30.3. The van der Waals surface area contributed by atoms with Crippen molar-refractivity contribution in [2.45, 2.75) is 19.3 Å². The van der Waals surface area contributed by atoms with E-state index in [2.05, 4.69) is 10.1 Å². The first-order valence-electron chi connectivity index (χ1n) is 8.23. The maximum atomic E-state index is 13.1. The predicted octanol–water partition coefficient (Wildman–Crippen LogP) is 2.78. The number of primary amides is 1. The molecule has 0 aliphatic rings. The third-order valence-corrected chi connectivity index (χ3v) is 4.65. The highest BCUT2D eigenvalue weighted by Crippen LogP contribution is 2.22. The van der Waals surface area contributed by atoms with Gasteiger partial charge in [-0.1, -0.05) is 11.2 Å². The van der Waals surface area contributed by atoms with Gasteiger partial charge in [0.2, 0.25) is 23.5 Å². The van der Waals surface area contributed by atoms with E-state index in [1.165, 1.54) is 40.5 Å². The van der Waals surface area contributed by atoms with E-state index in [9.17, 15) is 14.0 Å². The van der Waals surface area contributed by atoms with E-state index in [0.717, 1.165) is 4.88 Å². The maximum absolute atomic E-state index is 13.1. The van der Waals surface area contributed by atoms with Crippen LogP contribution < -0.4 is 10.6 Å². The van der Waals surface area contributed by atoms with Crippen LogP contribution >= 0.6 is 11.3 Å². The molecular formula is C18H17FN4O3S. The van der Waals surface area contributed by atoms with Gasteiger partial charge in [-0.05, 0) is 35.7 Å². The molecule has 2 N–H and O–H groups in total. The Balaban J connectivity index is 1.66. The van der Waals surface area contributed by atoms with Crippen molar-refractivity contribution in [3.8, 4) is 10.7 Å². The Labute approximate surface area is 158 Å². The predicted molar refractivity (Wildman–Crippen MR) is 98.5 cm³/mol. The van der Waals surface area contributed by atoms with Crippen molar-refractivity contribution in [2.24, 2.45) is 5.73 Å². The molecule has 9 heteroatoms. The van der Waals surface area contributed by atoms with Crippen molar-refractivity contribution in [2.75, 3.05) is 11.4 Å². The Morgan fingerprint density at radius 2 is 1.96 bits per heavy atom. The standard InChI is InChI=1S/C18H17FN4O3S/c19-12-3-5-13(6-4-12)23(10-9-15(20)24)17(25)8-7-16-21-18(22-26-16)14-2-1-11-27-14/h1-6,11H,7-10H2,(H2,20,24). The summed E-state index contributed by atoms with van der Waals surface area (Å²) in [6, 6.07) is 9.24. The molecule has 2 heterocycles. The van der Waals surface area contributed by atoms with Crippen LogP contribution in [0.1, 0.15) is 18.7 Å². The summed E-state index contributed by atoms with van der Waals surface area (Å²) in [6.07, 6.45) is 0.361.